The van der Waals surface area contributed by atoms with Gasteiger partial charge in [-0.05, 0) is 83.7 Å². The molecule has 2 heterocycles. The summed E-state index contributed by atoms with van der Waals surface area (Å²) in [4.78, 5) is 15.3. The number of fused-ring (bicyclic) bond motifs is 5. The van der Waals surface area contributed by atoms with Crippen LogP contribution in [0.25, 0.3) is 16.7 Å². The van der Waals surface area contributed by atoms with Gasteiger partial charge in [0.2, 0.25) is 0 Å². The van der Waals surface area contributed by atoms with Crippen LogP contribution in [-0.2, 0) is 10.9 Å². The van der Waals surface area contributed by atoms with E-state index in [4.69, 9.17) is 4.74 Å². The lowest BCUT2D eigenvalue weighted by Crippen LogP contribution is -2.51. The number of benzene rings is 3. The van der Waals surface area contributed by atoms with Gasteiger partial charge in [0, 0.05) is 12.0 Å². The number of aryl methyl sites for hydroxylation is 1. The molecule has 3 nitrogen and oxygen atoms in total. The zero-order valence-corrected chi connectivity index (χ0v) is 20.6. The lowest BCUT2D eigenvalue weighted by molar-refractivity contribution is -0.137. The van der Waals surface area contributed by atoms with E-state index in [1.807, 2.05) is 29.2 Å². The van der Waals surface area contributed by atoms with Crippen molar-refractivity contribution < 1.29 is 22.7 Å². The van der Waals surface area contributed by atoms with Gasteiger partial charge in [0.1, 0.15) is 6.61 Å². The summed E-state index contributed by atoms with van der Waals surface area (Å²) in [6.07, 6.45) is 0.706. The van der Waals surface area contributed by atoms with Gasteiger partial charge in [-0.1, -0.05) is 60.7 Å². The Morgan fingerprint density at radius 1 is 0.946 bits per heavy atom. The highest BCUT2D eigenvalue weighted by atomic mass is 19.4. The number of carbonyl (C=O) groups is 1. The molecule has 1 aliphatic carbocycles. The molecule has 2 aliphatic heterocycles. The molecule has 6 heteroatoms. The van der Waals surface area contributed by atoms with Gasteiger partial charge in [-0.15, -0.1) is 0 Å². The molecule has 1 amide bonds. The third kappa shape index (κ3) is 4.22. The molecule has 0 aromatic heterocycles. The molecular formula is C31H28F3NO2. The smallest absolute Gasteiger partial charge is 0.416 e. The molecular weight excluding hydrogens is 475 g/mol. The van der Waals surface area contributed by atoms with E-state index < -0.39 is 11.7 Å². The van der Waals surface area contributed by atoms with Crippen LogP contribution in [0.15, 0.2) is 72.8 Å². The maximum Gasteiger partial charge on any atom is 0.416 e. The Kier molecular flexibility index (Phi) is 5.85. The highest BCUT2D eigenvalue weighted by molar-refractivity contribution is 5.79. The van der Waals surface area contributed by atoms with Crippen molar-refractivity contribution in [1.29, 1.82) is 0 Å². The van der Waals surface area contributed by atoms with E-state index in [2.05, 4.69) is 30.3 Å². The maximum absolute atomic E-state index is 13.4. The van der Waals surface area contributed by atoms with E-state index in [-0.39, 0.29) is 30.7 Å². The number of hydrogen-bond donors (Lipinski definition) is 0. The van der Waals surface area contributed by atoms with E-state index in [0.717, 1.165) is 36.5 Å². The molecule has 1 fully saturated rings. The first-order chi connectivity index (χ1) is 17.8. The summed E-state index contributed by atoms with van der Waals surface area (Å²) in [5.74, 6) is 0.00174. The quantitative estimate of drug-likeness (QED) is 0.363. The van der Waals surface area contributed by atoms with Gasteiger partial charge in [0.25, 0.3) is 0 Å². The normalized spacial score (nSPS) is 20.8. The van der Waals surface area contributed by atoms with Gasteiger partial charge >= 0.3 is 12.3 Å². The van der Waals surface area contributed by atoms with Gasteiger partial charge in [0.15, 0.2) is 0 Å². The average molecular weight is 504 g/mol. The van der Waals surface area contributed by atoms with Crippen molar-refractivity contribution in [3.05, 3.63) is 101 Å². The van der Waals surface area contributed by atoms with E-state index in [9.17, 15) is 18.0 Å². The van der Waals surface area contributed by atoms with Crippen LogP contribution in [0.5, 0.6) is 0 Å². The topological polar surface area (TPSA) is 29.5 Å². The summed E-state index contributed by atoms with van der Waals surface area (Å²) in [7, 11) is 0. The number of alkyl halides is 3. The Bertz CT molecular complexity index is 1350. The van der Waals surface area contributed by atoms with Gasteiger partial charge < -0.3 is 4.74 Å². The van der Waals surface area contributed by atoms with Crippen molar-refractivity contribution in [2.24, 2.45) is 0 Å². The van der Waals surface area contributed by atoms with E-state index in [1.54, 1.807) is 13.0 Å². The lowest BCUT2D eigenvalue weighted by atomic mass is 9.82. The Balaban J connectivity index is 1.21. The fourth-order valence-corrected chi connectivity index (χ4v) is 6.38. The van der Waals surface area contributed by atoms with Gasteiger partial charge in [-0.3, -0.25) is 4.90 Å². The summed E-state index contributed by atoms with van der Waals surface area (Å²) in [5, 5.41) is 0. The molecule has 3 aliphatic rings. The Hall–Kier alpha value is -3.54. The number of ether oxygens (including phenoxy) is 1. The number of carbonyl (C=O) groups excluding carboxylic acids is 1. The van der Waals surface area contributed by atoms with Crippen molar-refractivity contribution in [1.82, 2.24) is 4.90 Å². The Morgan fingerprint density at radius 2 is 1.62 bits per heavy atom. The summed E-state index contributed by atoms with van der Waals surface area (Å²) >= 11 is 0. The van der Waals surface area contributed by atoms with Crippen LogP contribution in [-0.4, -0.2) is 29.7 Å². The molecule has 37 heavy (non-hydrogen) atoms. The summed E-state index contributed by atoms with van der Waals surface area (Å²) < 4.78 is 45.4. The second-order valence-corrected chi connectivity index (χ2v) is 10.3. The lowest BCUT2D eigenvalue weighted by Gasteiger charge is -2.44. The van der Waals surface area contributed by atoms with Crippen molar-refractivity contribution in [2.45, 2.75) is 56.8 Å². The number of hydrogen-bond acceptors (Lipinski definition) is 2. The van der Waals surface area contributed by atoms with Crippen molar-refractivity contribution in [3.8, 4) is 11.1 Å². The highest BCUT2D eigenvalue weighted by Gasteiger charge is 2.39. The minimum Gasteiger partial charge on any atom is -0.448 e. The van der Waals surface area contributed by atoms with Crippen LogP contribution in [0.1, 0.15) is 59.4 Å². The summed E-state index contributed by atoms with van der Waals surface area (Å²) in [6.45, 7) is 2.00. The van der Waals surface area contributed by atoms with Crippen LogP contribution in [0.3, 0.4) is 0 Å². The van der Waals surface area contributed by atoms with Crippen LogP contribution in [0.2, 0.25) is 0 Å². The van der Waals surface area contributed by atoms with E-state index >= 15 is 0 Å². The molecule has 0 radical (unpaired) electrons. The molecule has 3 aromatic carbocycles. The molecule has 190 valence electrons. The Labute approximate surface area is 214 Å². The first-order valence-corrected chi connectivity index (χ1v) is 12.8. The summed E-state index contributed by atoms with van der Waals surface area (Å²) in [5.41, 5.74) is 6.55. The zero-order valence-electron chi connectivity index (χ0n) is 20.6. The Morgan fingerprint density at radius 3 is 2.24 bits per heavy atom. The largest absolute Gasteiger partial charge is 0.448 e. The third-order valence-corrected chi connectivity index (χ3v) is 8.08. The number of rotatable bonds is 3. The van der Waals surface area contributed by atoms with Crippen LogP contribution >= 0.6 is 0 Å². The predicted octanol–water partition coefficient (Wildman–Crippen LogP) is 7.97. The first kappa shape index (κ1) is 23.8. The highest BCUT2D eigenvalue weighted by Crippen LogP contribution is 2.45. The van der Waals surface area contributed by atoms with E-state index in [1.165, 1.54) is 28.3 Å². The third-order valence-electron chi connectivity index (χ3n) is 8.08. The van der Waals surface area contributed by atoms with Crippen molar-refractivity contribution >= 4 is 11.7 Å². The molecule has 2 unspecified atom stereocenters. The van der Waals surface area contributed by atoms with Gasteiger partial charge in [0.05, 0.1) is 11.6 Å². The fraction of sp³-hybridized carbons (Fsp3) is 0.323. The van der Waals surface area contributed by atoms with Gasteiger partial charge in [-0.2, -0.15) is 13.2 Å². The fourth-order valence-electron chi connectivity index (χ4n) is 6.38. The summed E-state index contributed by atoms with van der Waals surface area (Å²) in [6, 6.07) is 20.3. The number of halogens is 3. The first-order valence-electron chi connectivity index (χ1n) is 12.8. The van der Waals surface area contributed by atoms with Crippen molar-refractivity contribution in [2.75, 3.05) is 6.61 Å². The maximum atomic E-state index is 13.4. The SMILES string of the molecule is Cc1cc(C(F)(F)F)ccc1C1=CC2CCCC(C1)N2C(=O)OCC1c2ccccc2-c2ccccc21. The van der Waals surface area contributed by atoms with Crippen molar-refractivity contribution in [3.63, 3.8) is 0 Å². The minimum absolute atomic E-state index is 0.00174. The molecule has 2 bridgehead atoms. The van der Waals surface area contributed by atoms with Gasteiger partial charge in [-0.25, -0.2) is 4.79 Å². The molecule has 2 atom stereocenters. The van der Waals surface area contributed by atoms with Crippen LogP contribution in [0.4, 0.5) is 18.0 Å². The molecule has 1 saturated heterocycles. The number of piperidine rings is 1. The molecule has 0 N–H and O–H groups in total. The molecule has 0 saturated carbocycles. The molecule has 6 rings (SSSR count). The number of nitrogens with zero attached hydrogens (tertiary/aromatic N) is 1. The van der Waals surface area contributed by atoms with Crippen LogP contribution in [0, 0.1) is 6.92 Å². The number of amides is 1. The predicted molar refractivity (Wildman–Crippen MR) is 137 cm³/mol. The zero-order chi connectivity index (χ0) is 25.7. The van der Waals surface area contributed by atoms with E-state index in [0.29, 0.717) is 12.0 Å². The minimum atomic E-state index is -4.36. The average Bonchev–Trinajstić information content (AvgIpc) is 3.19. The second kappa shape index (κ2) is 9.09. The molecule has 0 spiro atoms. The standard InChI is InChI=1S/C31H28F3NO2/c1-19-15-21(31(32,33)34)13-14-24(19)20-16-22-7-6-8-23(17-20)35(22)30(36)37-18-29-27-11-4-2-9-25(27)26-10-3-5-12-28(26)29/h2-5,9-16,22-23,29H,6-8,17-18H2,1H3. The second-order valence-electron chi connectivity index (χ2n) is 10.3. The monoisotopic (exact) mass is 503 g/mol. The van der Waals surface area contributed by atoms with Crippen LogP contribution < -0.4 is 0 Å². The molecule has 3 aromatic rings.